The molecule has 1 atom stereocenters. The highest BCUT2D eigenvalue weighted by Crippen LogP contribution is 2.23. The first kappa shape index (κ1) is 20.1. The van der Waals surface area contributed by atoms with Crippen LogP contribution in [0.15, 0.2) is 30.3 Å². The Morgan fingerprint density at radius 2 is 1.96 bits per heavy atom. The molecule has 8 heteroatoms. The van der Waals surface area contributed by atoms with Crippen molar-refractivity contribution in [1.29, 1.82) is 0 Å². The van der Waals surface area contributed by atoms with E-state index in [2.05, 4.69) is 5.32 Å². The standard InChI is InChI=1S/C18H17ClFNO4S/c1-10-3-7-16(26-10)15(22)6-8-17(23)25-11(2)18(24)21-14-5-4-12(20)9-13(14)19/h3-5,7,9,11H,6,8H2,1-2H3,(H,21,24)/t11-/m0/s1. The van der Waals surface area contributed by atoms with Crippen LogP contribution in [0.25, 0.3) is 0 Å². The highest BCUT2D eigenvalue weighted by Gasteiger charge is 2.20. The van der Waals surface area contributed by atoms with Gasteiger partial charge in [0.2, 0.25) is 0 Å². The van der Waals surface area contributed by atoms with Crippen LogP contribution in [0.1, 0.15) is 34.3 Å². The lowest BCUT2D eigenvalue weighted by Crippen LogP contribution is -2.30. The van der Waals surface area contributed by atoms with Crippen LogP contribution in [0, 0.1) is 12.7 Å². The Morgan fingerprint density at radius 3 is 2.58 bits per heavy atom. The summed E-state index contributed by atoms with van der Waals surface area (Å²) in [7, 11) is 0. The summed E-state index contributed by atoms with van der Waals surface area (Å²) in [6, 6.07) is 7.08. The van der Waals surface area contributed by atoms with Gasteiger partial charge in [0, 0.05) is 11.3 Å². The van der Waals surface area contributed by atoms with Crippen molar-refractivity contribution >= 4 is 46.3 Å². The molecule has 0 saturated heterocycles. The van der Waals surface area contributed by atoms with E-state index in [1.165, 1.54) is 24.3 Å². The van der Waals surface area contributed by atoms with Crippen LogP contribution in [0.4, 0.5) is 10.1 Å². The number of anilines is 1. The fraction of sp³-hybridized carbons (Fsp3) is 0.278. The summed E-state index contributed by atoms with van der Waals surface area (Å²) in [5.74, 6) is -1.93. The molecule has 1 amide bonds. The number of Topliss-reactive ketones (excluding diaryl/α,β-unsaturated/α-hetero) is 1. The highest BCUT2D eigenvalue weighted by molar-refractivity contribution is 7.14. The molecule has 1 heterocycles. The van der Waals surface area contributed by atoms with E-state index < -0.39 is 23.8 Å². The molecule has 2 rings (SSSR count). The van der Waals surface area contributed by atoms with Gasteiger partial charge in [0.1, 0.15) is 5.82 Å². The second kappa shape index (κ2) is 8.91. The average Bonchev–Trinajstić information content (AvgIpc) is 3.01. The van der Waals surface area contributed by atoms with Gasteiger partial charge in [-0.05, 0) is 44.2 Å². The zero-order valence-corrected chi connectivity index (χ0v) is 15.7. The number of aryl methyl sites for hydroxylation is 1. The van der Waals surface area contributed by atoms with Crippen LogP contribution in [-0.4, -0.2) is 23.8 Å². The zero-order chi connectivity index (χ0) is 19.3. The number of thiophene rings is 1. The van der Waals surface area contributed by atoms with Crippen LogP contribution in [0.3, 0.4) is 0 Å². The van der Waals surface area contributed by atoms with Gasteiger partial charge in [-0.1, -0.05) is 11.6 Å². The number of carbonyl (C=O) groups is 3. The molecule has 0 aliphatic rings. The molecule has 0 spiro atoms. The Morgan fingerprint density at radius 1 is 1.23 bits per heavy atom. The molecule has 0 radical (unpaired) electrons. The van der Waals surface area contributed by atoms with Crippen LogP contribution < -0.4 is 5.32 Å². The number of esters is 1. The van der Waals surface area contributed by atoms with Gasteiger partial charge in [0.05, 0.1) is 22.0 Å². The Bertz CT molecular complexity index is 836. The number of carbonyl (C=O) groups excluding carboxylic acids is 3. The number of amides is 1. The molecule has 0 fully saturated rings. The fourth-order valence-electron chi connectivity index (χ4n) is 2.06. The number of hydrogen-bond acceptors (Lipinski definition) is 5. The van der Waals surface area contributed by atoms with E-state index in [1.807, 2.05) is 13.0 Å². The van der Waals surface area contributed by atoms with Gasteiger partial charge in [-0.15, -0.1) is 11.3 Å². The number of ketones is 1. The van der Waals surface area contributed by atoms with Crippen LogP contribution >= 0.6 is 22.9 Å². The molecule has 1 N–H and O–H groups in total. The molecular weight excluding hydrogens is 381 g/mol. The van der Waals surface area contributed by atoms with E-state index in [0.29, 0.717) is 4.88 Å². The summed E-state index contributed by atoms with van der Waals surface area (Å²) >= 11 is 7.19. The number of rotatable bonds is 7. The predicted molar refractivity (Wildman–Crippen MR) is 98.2 cm³/mol. The third-order valence-electron chi connectivity index (χ3n) is 3.44. The van der Waals surface area contributed by atoms with E-state index in [4.69, 9.17) is 16.3 Å². The van der Waals surface area contributed by atoms with Crippen LogP contribution in [-0.2, 0) is 14.3 Å². The average molecular weight is 398 g/mol. The van der Waals surface area contributed by atoms with E-state index in [-0.39, 0.29) is 29.3 Å². The summed E-state index contributed by atoms with van der Waals surface area (Å²) in [4.78, 5) is 37.4. The molecule has 26 heavy (non-hydrogen) atoms. The minimum atomic E-state index is -1.08. The lowest BCUT2D eigenvalue weighted by Gasteiger charge is -2.14. The van der Waals surface area contributed by atoms with Crippen LogP contribution in [0.5, 0.6) is 0 Å². The van der Waals surface area contributed by atoms with Crippen molar-refractivity contribution in [3.8, 4) is 0 Å². The van der Waals surface area contributed by atoms with Crippen molar-refractivity contribution in [1.82, 2.24) is 0 Å². The smallest absolute Gasteiger partial charge is 0.307 e. The lowest BCUT2D eigenvalue weighted by atomic mass is 10.2. The van der Waals surface area contributed by atoms with E-state index in [9.17, 15) is 18.8 Å². The van der Waals surface area contributed by atoms with Gasteiger partial charge in [-0.25, -0.2) is 4.39 Å². The number of ether oxygens (including phenoxy) is 1. The maximum atomic E-state index is 13.0. The summed E-state index contributed by atoms with van der Waals surface area (Å²) < 4.78 is 18.0. The van der Waals surface area contributed by atoms with Crippen molar-refractivity contribution in [3.05, 3.63) is 50.9 Å². The summed E-state index contributed by atoms with van der Waals surface area (Å²) in [6.45, 7) is 3.29. The monoisotopic (exact) mass is 397 g/mol. The maximum Gasteiger partial charge on any atom is 0.307 e. The molecule has 0 bridgehead atoms. The van der Waals surface area contributed by atoms with Gasteiger partial charge >= 0.3 is 5.97 Å². The maximum absolute atomic E-state index is 13.0. The van der Waals surface area contributed by atoms with Gasteiger partial charge in [0.15, 0.2) is 11.9 Å². The Labute approximate surface area is 159 Å². The molecule has 2 aromatic rings. The van der Waals surface area contributed by atoms with E-state index in [1.54, 1.807) is 6.07 Å². The number of halogens is 2. The number of nitrogens with one attached hydrogen (secondary N) is 1. The topological polar surface area (TPSA) is 72.5 Å². The molecule has 1 aromatic heterocycles. The Hall–Kier alpha value is -2.25. The van der Waals surface area contributed by atoms with Crippen molar-refractivity contribution in [2.75, 3.05) is 5.32 Å². The summed E-state index contributed by atoms with van der Waals surface area (Å²) in [6.07, 6.45) is -1.19. The quantitative estimate of drug-likeness (QED) is 0.555. The van der Waals surface area contributed by atoms with Gasteiger partial charge in [0.25, 0.3) is 5.91 Å². The summed E-state index contributed by atoms with van der Waals surface area (Å²) in [5.41, 5.74) is 0.212. The van der Waals surface area contributed by atoms with Crippen molar-refractivity contribution in [2.45, 2.75) is 32.8 Å². The van der Waals surface area contributed by atoms with E-state index >= 15 is 0 Å². The first-order valence-corrected chi connectivity index (χ1v) is 9.00. The number of benzene rings is 1. The molecule has 1 aromatic carbocycles. The zero-order valence-electron chi connectivity index (χ0n) is 14.2. The summed E-state index contributed by atoms with van der Waals surface area (Å²) in [5, 5.41) is 2.49. The van der Waals surface area contributed by atoms with Gasteiger partial charge in [-0.2, -0.15) is 0 Å². The molecule has 5 nitrogen and oxygen atoms in total. The van der Waals surface area contributed by atoms with Crippen molar-refractivity contribution in [3.63, 3.8) is 0 Å². The normalized spacial score (nSPS) is 11.7. The molecule has 0 aliphatic heterocycles. The van der Waals surface area contributed by atoms with Crippen LogP contribution in [0.2, 0.25) is 5.02 Å². The second-order valence-electron chi connectivity index (χ2n) is 5.58. The molecule has 0 unspecified atom stereocenters. The van der Waals surface area contributed by atoms with E-state index in [0.717, 1.165) is 17.0 Å². The minimum Gasteiger partial charge on any atom is -0.453 e. The minimum absolute atomic E-state index is 0.0108. The van der Waals surface area contributed by atoms with Crippen molar-refractivity contribution < 1.29 is 23.5 Å². The SMILES string of the molecule is Cc1ccc(C(=O)CCC(=O)O[C@@H](C)C(=O)Nc2ccc(F)cc2Cl)s1. The van der Waals surface area contributed by atoms with Gasteiger partial charge < -0.3 is 10.1 Å². The molecule has 0 aliphatic carbocycles. The Kier molecular flexibility index (Phi) is 6.88. The fourth-order valence-corrected chi connectivity index (χ4v) is 3.11. The predicted octanol–water partition coefficient (Wildman–Crippen LogP) is 4.38. The number of hydrogen-bond donors (Lipinski definition) is 1. The second-order valence-corrected chi connectivity index (χ2v) is 7.27. The Balaban J connectivity index is 1.82. The molecular formula is C18H17ClFNO4S. The first-order valence-electron chi connectivity index (χ1n) is 7.81. The van der Waals surface area contributed by atoms with Gasteiger partial charge in [-0.3, -0.25) is 14.4 Å². The third kappa shape index (κ3) is 5.64. The lowest BCUT2D eigenvalue weighted by molar-refractivity contribution is -0.153. The third-order valence-corrected chi connectivity index (χ3v) is 4.79. The first-order chi connectivity index (χ1) is 12.3. The van der Waals surface area contributed by atoms with Crippen molar-refractivity contribution in [2.24, 2.45) is 0 Å². The largest absolute Gasteiger partial charge is 0.453 e. The molecule has 138 valence electrons. The molecule has 0 saturated carbocycles. The highest BCUT2D eigenvalue weighted by atomic mass is 35.5.